The quantitative estimate of drug-likeness (QED) is 0.386. The first-order valence-electron chi connectivity index (χ1n) is 12.6. The van der Waals surface area contributed by atoms with E-state index >= 15 is 0 Å². The van der Waals surface area contributed by atoms with Crippen LogP contribution >= 0.6 is 11.3 Å². The van der Waals surface area contributed by atoms with Crippen LogP contribution in [-0.2, 0) is 4.79 Å². The number of nitrogens with zero attached hydrogens (tertiary/aromatic N) is 3. The van der Waals surface area contributed by atoms with Gasteiger partial charge in [0.1, 0.15) is 29.9 Å². The number of para-hydroxylation sites is 1. The number of rotatable bonds is 9. The summed E-state index contributed by atoms with van der Waals surface area (Å²) in [7, 11) is 3.13. The summed E-state index contributed by atoms with van der Waals surface area (Å²) in [5.74, 6) is 3.96. The lowest BCUT2D eigenvalue weighted by Gasteiger charge is -2.30. The highest BCUT2D eigenvalue weighted by Gasteiger charge is 2.36. The van der Waals surface area contributed by atoms with E-state index in [0.717, 1.165) is 0 Å². The number of amides is 1. The summed E-state index contributed by atoms with van der Waals surface area (Å²) < 4.78 is 18.9. The van der Waals surface area contributed by atoms with E-state index in [0.29, 0.717) is 62.1 Å². The van der Waals surface area contributed by atoms with Gasteiger partial charge < -0.3 is 19.1 Å². The molecule has 2 aromatic carbocycles. The molecule has 0 aliphatic carbocycles. The minimum atomic E-state index is -0.769. The van der Waals surface area contributed by atoms with Gasteiger partial charge in [0, 0.05) is 24.2 Å². The molecule has 0 unspecified atom stereocenters. The van der Waals surface area contributed by atoms with Crippen molar-refractivity contribution < 1.29 is 19.0 Å². The number of aromatic nitrogens is 1. The number of hydrogen-bond acceptors (Lipinski definition) is 7. The smallest absolute Gasteiger partial charge is 0.271 e. The fourth-order valence-electron chi connectivity index (χ4n) is 4.62. The Hall–Kier alpha value is -4.29. The molecule has 0 bridgehead atoms. The summed E-state index contributed by atoms with van der Waals surface area (Å²) in [6.07, 6.45) is 7.14. The summed E-state index contributed by atoms with van der Waals surface area (Å²) in [6.45, 7) is 6.80. The fourth-order valence-corrected chi connectivity index (χ4v) is 5.65. The first kappa shape index (κ1) is 27.7. The van der Waals surface area contributed by atoms with Crippen molar-refractivity contribution in [2.75, 3.05) is 33.9 Å². The van der Waals surface area contributed by atoms with Crippen molar-refractivity contribution in [3.8, 4) is 29.6 Å². The van der Waals surface area contributed by atoms with Crippen LogP contribution in [0.4, 0.5) is 0 Å². The third-order valence-corrected chi connectivity index (χ3v) is 7.53. The van der Waals surface area contributed by atoms with E-state index in [1.54, 1.807) is 61.0 Å². The molecule has 1 amide bonds. The summed E-state index contributed by atoms with van der Waals surface area (Å²) in [5, 5.41) is 0. The van der Waals surface area contributed by atoms with Crippen LogP contribution in [0.15, 0.2) is 63.5 Å². The molecule has 4 rings (SSSR count). The highest BCUT2D eigenvalue weighted by molar-refractivity contribution is 7.07. The largest absolute Gasteiger partial charge is 0.497 e. The number of ether oxygens (including phenoxy) is 3. The van der Waals surface area contributed by atoms with Gasteiger partial charge in [0.25, 0.3) is 11.5 Å². The molecule has 1 atom stereocenters. The number of allylic oxidation sites excluding steroid dienone is 1. The Morgan fingerprint density at radius 2 is 1.90 bits per heavy atom. The van der Waals surface area contributed by atoms with Gasteiger partial charge in [-0.3, -0.25) is 14.2 Å². The molecule has 0 N–H and O–H groups in total. The van der Waals surface area contributed by atoms with Crippen LogP contribution in [-0.4, -0.2) is 49.3 Å². The average molecular weight is 546 g/mol. The molecule has 1 aliphatic rings. The number of thiazole rings is 1. The van der Waals surface area contributed by atoms with E-state index in [4.69, 9.17) is 25.6 Å². The van der Waals surface area contributed by atoms with Gasteiger partial charge in [0.15, 0.2) is 4.80 Å². The average Bonchev–Trinajstić information content (AvgIpc) is 3.25. The molecule has 0 radical (unpaired) electrons. The first-order valence-corrected chi connectivity index (χ1v) is 13.4. The zero-order valence-electron chi connectivity index (χ0n) is 22.7. The molecule has 9 heteroatoms. The van der Waals surface area contributed by atoms with Gasteiger partial charge in [-0.25, -0.2) is 4.99 Å². The third kappa shape index (κ3) is 5.33. The maximum Gasteiger partial charge on any atom is 0.271 e. The van der Waals surface area contributed by atoms with E-state index in [1.165, 1.54) is 11.3 Å². The van der Waals surface area contributed by atoms with Crippen molar-refractivity contribution in [2.24, 2.45) is 4.99 Å². The molecule has 1 aliphatic heterocycles. The topological polar surface area (TPSA) is 82.4 Å². The number of carbonyl (C=O) groups excluding carboxylic acids is 1. The Kier molecular flexibility index (Phi) is 8.57. The molecule has 39 heavy (non-hydrogen) atoms. The molecule has 8 nitrogen and oxygen atoms in total. The van der Waals surface area contributed by atoms with Crippen LogP contribution in [0.1, 0.15) is 37.9 Å². The number of methoxy groups -OCH3 is 2. The second kappa shape index (κ2) is 12.0. The van der Waals surface area contributed by atoms with Crippen LogP contribution in [0.25, 0.3) is 6.08 Å². The minimum Gasteiger partial charge on any atom is -0.497 e. The van der Waals surface area contributed by atoms with E-state index in [-0.39, 0.29) is 18.1 Å². The van der Waals surface area contributed by atoms with Gasteiger partial charge in [-0.1, -0.05) is 35.5 Å². The van der Waals surface area contributed by atoms with Gasteiger partial charge in [-0.2, -0.15) is 0 Å². The van der Waals surface area contributed by atoms with Crippen molar-refractivity contribution in [2.45, 2.75) is 26.8 Å². The number of likely N-dealkylation sites (N-methyl/N-ethyl adjacent to an activating group) is 1. The Bertz CT molecular complexity index is 1640. The Morgan fingerprint density at radius 1 is 1.15 bits per heavy atom. The molecular formula is C30H31N3O5S. The van der Waals surface area contributed by atoms with Crippen molar-refractivity contribution >= 4 is 23.3 Å². The van der Waals surface area contributed by atoms with Crippen molar-refractivity contribution in [3.05, 3.63) is 84.5 Å². The lowest BCUT2D eigenvalue weighted by atomic mass is 9.93. The summed E-state index contributed by atoms with van der Waals surface area (Å²) in [4.78, 5) is 34.9. The monoisotopic (exact) mass is 545 g/mol. The predicted molar refractivity (Wildman–Crippen MR) is 152 cm³/mol. The zero-order chi connectivity index (χ0) is 28.1. The number of fused-ring (bicyclic) bond motifs is 1. The number of terminal acetylenes is 1. The standard InChI is InChI=1S/C30H31N3O5S/c1-7-16-38-23-13-11-10-12-20(23)17-25-28(34)33-27(22-18-21(36-5)14-15-24(22)37-6)26(19(4)31-30(33)39-25)29(35)32(8-2)9-3/h1,10-15,17-18,27H,8-9,16H2,2-6H3/b25-17+/t27-/m0/s1. The van der Waals surface area contributed by atoms with Crippen LogP contribution < -0.4 is 29.1 Å². The van der Waals surface area contributed by atoms with Crippen molar-refractivity contribution in [1.82, 2.24) is 9.47 Å². The molecule has 0 saturated carbocycles. The maximum absolute atomic E-state index is 14.1. The van der Waals surface area contributed by atoms with Crippen molar-refractivity contribution in [1.29, 1.82) is 0 Å². The van der Waals surface area contributed by atoms with Gasteiger partial charge in [0.2, 0.25) is 0 Å². The van der Waals surface area contributed by atoms with Crippen LogP contribution in [0.5, 0.6) is 17.2 Å². The molecular weight excluding hydrogens is 514 g/mol. The second-order valence-electron chi connectivity index (χ2n) is 8.70. The SMILES string of the molecule is C#CCOc1ccccc1/C=c1/sc2n(c1=O)[C@@H](c1cc(OC)ccc1OC)C(C(=O)N(CC)CC)=C(C)N=2. The third-order valence-electron chi connectivity index (χ3n) is 6.55. The molecule has 1 aromatic heterocycles. The van der Waals surface area contributed by atoms with Crippen LogP contribution in [0.2, 0.25) is 0 Å². The second-order valence-corrected chi connectivity index (χ2v) is 9.71. The fraction of sp³-hybridized carbons (Fsp3) is 0.300. The van der Waals surface area contributed by atoms with Gasteiger partial charge in [-0.15, -0.1) is 6.42 Å². The Balaban J connectivity index is 2.01. The molecule has 0 fully saturated rings. The normalized spacial score (nSPS) is 14.8. The summed E-state index contributed by atoms with van der Waals surface area (Å²) >= 11 is 1.25. The minimum absolute atomic E-state index is 0.109. The zero-order valence-corrected chi connectivity index (χ0v) is 23.5. The van der Waals surface area contributed by atoms with E-state index < -0.39 is 6.04 Å². The van der Waals surface area contributed by atoms with Gasteiger partial charge >= 0.3 is 0 Å². The number of hydrogen-bond donors (Lipinski definition) is 0. The molecule has 0 saturated heterocycles. The van der Waals surface area contributed by atoms with E-state index in [9.17, 15) is 9.59 Å². The van der Waals surface area contributed by atoms with Crippen LogP contribution in [0, 0.1) is 12.3 Å². The Labute approximate surface area is 231 Å². The Morgan fingerprint density at radius 3 is 2.56 bits per heavy atom. The number of carbonyl (C=O) groups is 1. The van der Waals surface area contributed by atoms with Gasteiger partial charge in [-0.05, 0) is 51.1 Å². The molecule has 202 valence electrons. The molecule has 3 aromatic rings. The lowest BCUT2D eigenvalue weighted by molar-refractivity contribution is -0.127. The van der Waals surface area contributed by atoms with Crippen LogP contribution in [0.3, 0.4) is 0 Å². The predicted octanol–water partition coefficient (Wildman–Crippen LogP) is 3.13. The van der Waals surface area contributed by atoms with E-state index in [1.807, 2.05) is 32.0 Å². The molecule has 0 spiro atoms. The van der Waals surface area contributed by atoms with E-state index in [2.05, 4.69) is 5.92 Å². The molecule has 2 heterocycles. The highest BCUT2D eigenvalue weighted by Crippen LogP contribution is 2.38. The van der Waals surface area contributed by atoms with Crippen molar-refractivity contribution in [3.63, 3.8) is 0 Å². The highest BCUT2D eigenvalue weighted by atomic mass is 32.1. The van der Waals surface area contributed by atoms with Gasteiger partial charge in [0.05, 0.1) is 30.0 Å². The maximum atomic E-state index is 14.1. The summed E-state index contributed by atoms with van der Waals surface area (Å²) in [5.41, 5.74) is 2.03. The number of benzene rings is 2. The lowest BCUT2D eigenvalue weighted by Crippen LogP contribution is -2.43. The summed E-state index contributed by atoms with van der Waals surface area (Å²) in [6, 6.07) is 11.9. The first-order chi connectivity index (χ1) is 18.9.